The zero-order chi connectivity index (χ0) is 20.3. The van der Waals surface area contributed by atoms with Crippen LogP contribution in [0.5, 0.6) is 11.5 Å². The smallest absolute Gasteiger partial charge is 0.263 e. The number of carbonyl (C=O) groups excluding carboxylic acids is 1. The maximum atomic E-state index is 12.5. The third-order valence-electron chi connectivity index (χ3n) is 4.24. The van der Waals surface area contributed by atoms with Crippen molar-refractivity contribution in [2.75, 3.05) is 30.3 Å². The van der Waals surface area contributed by atoms with Gasteiger partial charge in [0.1, 0.15) is 18.1 Å². The summed E-state index contributed by atoms with van der Waals surface area (Å²) in [5.74, 6) is 0.550. The highest BCUT2D eigenvalue weighted by Crippen LogP contribution is 2.34. The van der Waals surface area contributed by atoms with Crippen LogP contribution in [0.3, 0.4) is 0 Å². The topological polar surface area (TPSA) is 84.9 Å². The van der Waals surface area contributed by atoms with Gasteiger partial charge in [0.25, 0.3) is 5.91 Å². The van der Waals surface area contributed by atoms with E-state index in [2.05, 4.69) is 5.32 Å². The lowest BCUT2D eigenvalue weighted by atomic mass is 10.2. The van der Waals surface area contributed by atoms with Crippen LogP contribution in [0, 0.1) is 6.92 Å². The zero-order valence-corrected chi connectivity index (χ0v) is 17.1. The number of nitrogens with one attached hydrogen (secondary N) is 1. The van der Waals surface area contributed by atoms with Crippen LogP contribution < -0.4 is 19.1 Å². The summed E-state index contributed by atoms with van der Waals surface area (Å²) in [6.45, 7) is 2.29. The van der Waals surface area contributed by atoms with Gasteiger partial charge in [0.2, 0.25) is 10.0 Å². The van der Waals surface area contributed by atoms with Crippen LogP contribution in [0.4, 0.5) is 5.69 Å². The lowest BCUT2D eigenvalue weighted by Crippen LogP contribution is -2.51. The number of benzene rings is 2. The van der Waals surface area contributed by atoms with E-state index in [0.29, 0.717) is 22.2 Å². The molecule has 2 aromatic carbocycles. The molecule has 0 bridgehead atoms. The molecular formula is C19H21ClN2O5S. The van der Waals surface area contributed by atoms with Crippen LogP contribution in [0.25, 0.3) is 0 Å². The molecule has 7 nitrogen and oxygen atoms in total. The van der Waals surface area contributed by atoms with Crippen LogP contribution >= 0.6 is 11.6 Å². The molecule has 28 heavy (non-hydrogen) atoms. The number of amides is 1. The Labute approximate surface area is 169 Å². The van der Waals surface area contributed by atoms with E-state index < -0.39 is 22.0 Å². The minimum Gasteiger partial charge on any atom is -0.492 e. The molecule has 1 aliphatic heterocycles. The summed E-state index contributed by atoms with van der Waals surface area (Å²) in [5.41, 5.74) is 1.38. The Kier molecular flexibility index (Phi) is 6.00. The summed E-state index contributed by atoms with van der Waals surface area (Å²) in [6, 6.07) is 12.1. The number of aryl methyl sites for hydroxylation is 1. The summed E-state index contributed by atoms with van der Waals surface area (Å²) in [7, 11) is -3.54. The average Bonchev–Trinajstić information content (AvgIpc) is 2.66. The number of nitrogens with zero attached hydrogens (tertiary/aromatic N) is 1. The van der Waals surface area contributed by atoms with Gasteiger partial charge in [-0.1, -0.05) is 29.8 Å². The Morgan fingerprint density at radius 3 is 2.79 bits per heavy atom. The van der Waals surface area contributed by atoms with Crippen LogP contribution in [-0.2, 0) is 14.8 Å². The number of ether oxygens (including phenoxy) is 2. The van der Waals surface area contributed by atoms with Crippen molar-refractivity contribution < 1.29 is 22.7 Å². The van der Waals surface area contributed by atoms with Gasteiger partial charge in [0.15, 0.2) is 6.10 Å². The Balaban J connectivity index is 1.58. The van der Waals surface area contributed by atoms with Crippen molar-refractivity contribution in [2.24, 2.45) is 0 Å². The first-order chi connectivity index (χ1) is 13.3. The first-order valence-electron chi connectivity index (χ1n) is 8.66. The molecule has 0 aliphatic carbocycles. The molecule has 0 saturated heterocycles. The van der Waals surface area contributed by atoms with Gasteiger partial charge in [-0.3, -0.25) is 9.10 Å². The van der Waals surface area contributed by atoms with Crippen LogP contribution in [0.2, 0.25) is 5.02 Å². The van der Waals surface area contributed by atoms with Crippen LogP contribution in [-0.4, -0.2) is 46.4 Å². The third kappa shape index (κ3) is 4.69. The minimum atomic E-state index is -3.54. The summed E-state index contributed by atoms with van der Waals surface area (Å²) in [4.78, 5) is 12.5. The maximum absolute atomic E-state index is 12.5. The normalized spacial score (nSPS) is 16.1. The van der Waals surface area contributed by atoms with Crippen molar-refractivity contribution in [2.45, 2.75) is 13.0 Å². The second kappa shape index (κ2) is 8.28. The van der Waals surface area contributed by atoms with Gasteiger partial charge in [0, 0.05) is 5.02 Å². The van der Waals surface area contributed by atoms with E-state index in [4.69, 9.17) is 21.1 Å². The highest BCUT2D eigenvalue weighted by Gasteiger charge is 2.34. The van der Waals surface area contributed by atoms with Gasteiger partial charge in [-0.05, 0) is 36.8 Å². The number of sulfonamides is 1. The number of hydrogen-bond donors (Lipinski definition) is 1. The molecule has 0 radical (unpaired) electrons. The van der Waals surface area contributed by atoms with Gasteiger partial charge >= 0.3 is 0 Å². The largest absolute Gasteiger partial charge is 0.492 e. The van der Waals surface area contributed by atoms with E-state index in [9.17, 15) is 13.2 Å². The monoisotopic (exact) mass is 424 g/mol. The summed E-state index contributed by atoms with van der Waals surface area (Å²) >= 11 is 6.05. The Hall–Kier alpha value is -2.45. The quantitative estimate of drug-likeness (QED) is 0.719. The predicted octanol–water partition coefficient (Wildman–Crippen LogP) is 2.37. The molecule has 3 rings (SSSR count). The van der Waals surface area contributed by atoms with E-state index in [1.165, 1.54) is 4.31 Å². The first-order valence-corrected chi connectivity index (χ1v) is 10.9. The van der Waals surface area contributed by atoms with E-state index in [-0.39, 0.29) is 19.7 Å². The number of rotatable bonds is 6. The zero-order valence-electron chi connectivity index (χ0n) is 15.5. The first kappa shape index (κ1) is 20.3. The minimum absolute atomic E-state index is 0.0872. The standard InChI is InChI=1S/C19H21ClN2O5S/c1-13-7-8-14(11-15(13)20)26-10-9-21-19(23)18-12-22(28(2,24)25)16-5-3-4-6-17(16)27-18/h3-8,11,18H,9-10,12H2,1-2H3,(H,21,23)/t18-/m1/s1. The Bertz CT molecular complexity index is 980. The molecule has 0 unspecified atom stereocenters. The number of anilines is 1. The fourth-order valence-electron chi connectivity index (χ4n) is 2.77. The lowest BCUT2D eigenvalue weighted by molar-refractivity contribution is -0.127. The predicted molar refractivity (Wildman–Crippen MR) is 108 cm³/mol. The van der Waals surface area contributed by atoms with Crippen molar-refractivity contribution in [3.8, 4) is 11.5 Å². The molecule has 1 amide bonds. The number of hydrogen-bond acceptors (Lipinski definition) is 5. The molecule has 150 valence electrons. The van der Waals surface area contributed by atoms with Crippen LogP contribution in [0.15, 0.2) is 42.5 Å². The molecule has 1 N–H and O–H groups in total. The fourth-order valence-corrected chi connectivity index (χ4v) is 3.86. The molecule has 1 heterocycles. The molecule has 1 aliphatic rings. The van der Waals surface area contributed by atoms with Crippen molar-refractivity contribution in [3.05, 3.63) is 53.1 Å². The summed E-state index contributed by atoms with van der Waals surface area (Å²) < 4.78 is 36.6. The number of carbonyl (C=O) groups is 1. The molecule has 2 aromatic rings. The second-order valence-corrected chi connectivity index (χ2v) is 8.73. The average molecular weight is 425 g/mol. The highest BCUT2D eigenvalue weighted by atomic mass is 35.5. The Morgan fingerprint density at radius 2 is 2.07 bits per heavy atom. The van der Waals surface area contributed by atoms with E-state index in [0.717, 1.165) is 11.8 Å². The molecule has 0 aromatic heterocycles. The third-order valence-corrected chi connectivity index (χ3v) is 5.79. The SMILES string of the molecule is Cc1ccc(OCCNC(=O)[C@H]2CN(S(C)(=O)=O)c3ccccc3O2)cc1Cl. The van der Waals surface area contributed by atoms with E-state index in [1.54, 1.807) is 36.4 Å². The van der Waals surface area contributed by atoms with Crippen molar-refractivity contribution in [1.82, 2.24) is 5.32 Å². The van der Waals surface area contributed by atoms with Crippen molar-refractivity contribution in [1.29, 1.82) is 0 Å². The highest BCUT2D eigenvalue weighted by molar-refractivity contribution is 7.92. The van der Waals surface area contributed by atoms with Crippen molar-refractivity contribution >= 4 is 33.2 Å². The molecule has 1 atom stereocenters. The Morgan fingerprint density at radius 1 is 1.32 bits per heavy atom. The van der Waals surface area contributed by atoms with Crippen LogP contribution in [0.1, 0.15) is 5.56 Å². The molecule has 0 fully saturated rings. The van der Waals surface area contributed by atoms with Gasteiger partial charge in [-0.25, -0.2) is 8.42 Å². The van der Waals surface area contributed by atoms with E-state index in [1.807, 2.05) is 13.0 Å². The van der Waals surface area contributed by atoms with Gasteiger partial charge in [-0.2, -0.15) is 0 Å². The number of fused-ring (bicyclic) bond motifs is 1. The van der Waals surface area contributed by atoms with Gasteiger partial charge < -0.3 is 14.8 Å². The lowest BCUT2D eigenvalue weighted by Gasteiger charge is -2.33. The van der Waals surface area contributed by atoms with E-state index >= 15 is 0 Å². The molecule has 0 saturated carbocycles. The number of halogens is 1. The van der Waals surface area contributed by atoms with Crippen molar-refractivity contribution in [3.63, 3.8) is 0 Å². The maximum Gasteiger partial charge on any atom is 0.263 e. The van der Waals surface area contributed by atoms with Gasteiger partial charge in [0.05, 0.1) is 25.0 Å². The summed E-state index contributed by atoms with van der Waals surface area (Å²) in [6.07, 6.45) is 0.156. The molecular weight excluding hydrogens is 404 g/mol. The number of para-hydroxylation sites is 2. The molecule has 9 heteroatoms. The van der Waals surface area contributed by atoms with Gasteiger partial charge in [-0.15, -0.1) is 0 Å². The molecule has 0 spiro atoms. The summed E-state index contributed by atoms with van der Waals surface area (Å²) in [5, 5.41) is 3.32. The fraction of sp³-hybridized carbons (Fsp3) is 0.316. The second-order valence-electron chi connectivity index (χ2n) is 6.42.